The molecule has 0 radical (unpaired) electrons. The SMILES string of the molecule is CC(C)c1ccc(N(c2ccccc2)c2ccccc2)cc1.CC(C)c1cccc(N2c3ccccc3C(C)(C)c3ccccc32)c1.CC(C)c1cccc(N2c3ccccc3N(C)c3ccccc32)c1.CC(C)c1cccc(N2c3ccccc3Oc3ccccc32)c1.CC(C)c1cccc(N2c3ccccc3Sc3ccccc32)c1.CC(C)n1c2ccccc2c2ccccc21. The molecule has 17 aromatic carbocycles. The highest BCUT2D eigenvalue weighted by Crippen LogP contribution is 2.56. The first kappa shape index (κ1) is 90.4. The lowest BCUT2D eigenvalue weighted by atomic mass is 9.73. The highest BCUT2D eigenvalue weighted by atomic mass is 32.2. The van der Waals surface area contributed by atoms with Gasteiger partial charge in [-0.15, -0.1) is 0 Å². The van der Waals surface area contributed by atoms with Gasteiger partial charge >= 0.3 is 0 Å². The maximum Gasteiger partial charge on any atom is 0.151 e. The number of aromatic nitrogens is 1. The minimum absolute atomic E-state index is 0.000650. The van der Waals surface area contributed by atoms with Crippen molar-refractivity contribution in [1.82, 2.24) is 4.57 Å². The summed E-state index contributed by atoms with van der Waals surface area (Å²) >= 11 is 1.85. The summed E-state index contributed by atoms with van der Waals surface area (Å²) in [6.45, 7) is 31.5. The number of hydrogen-bond donors (Lipinski definition) is 0. The van der Waals surface area contributed by atoms with Crippen molar-refractivity contribution >= 4 is 130 Å². The van der Waals surface area contributed by atoms with Gasteiger partial charge in [0.2, 0.25) is 0 Å². The third-order valence-electron chi connectivity index (χ3n) is 25.6. The second-order valence-corrected chi connectivity index (χ2v) is 37.9. The van der Waals surface area contributed by atoms with Gasteiger partial charge in [-0.2, -0.15) is 0 Å². The molecule has 9 heteroatoms. The first-order valence-corrected chi connectivity index (χ1v) is 47.9. The summed E-state index contributed by atoms with van der Waals surface area (Å²) in [4.78, 5) is 16.6. The molecule has 0 fully saturated rings. The van der Waals surface area contributed by atoms with E-state index in [1.807, 2.05) is 36.0 Å². The van der Waals surface area contributed by atoms with Gasteiger partial charge in [0.25, 0.3) is 0 Å². The van der Waals surface area contributed by atoms with Crippen LogP contribution in [0.3, 0.4) is 0 Å². The highest BCUT2D eigenvalue weighted by molar-refractivity contribution is 7.99. The molecule has 4 aliphatic heterocycles. The van der Waals surface area contributed by atoms with Crippen LogP contribution in [0.2, 0.25) is 0 Å². The first-order chi connectivity index (χ1) is 64.7. The van der Waals surface area contributed by atoms with Gasteiger partial charge in [-0.1, -0.05) is 338 Å². The Morgan fingerprint density at radius 1 is 0.248 bits per heavy atom. The zero-order chi connectivity index (χ0) is 92.4. The molecule has 0 spiro atoms. The fraction of sp³-hybridized carbons (Fsp3) is 0.177. The molecule has 0 aliphatic carbocycles. The molecular formula is C124H121N7OS. The van der Waals surface area contributed by atoms with Crippen molar-refractivity contribution in [2.75, 3.05) is 36.4 Å². The summed E-state index contributed by atoms with van der Waals surface area (Å²) in [6, 6.07) is 152. The summed E-state index contributed by atoms with van der Waals surface area (Å²) in [6.07, 6.45) is 0. The zero-order valence-corrected chi connectivity index (χ0v) is 80.1. The Bertz CT molecular complexity index is 6600. The average Bonchev–Trinajstić information content (AvgIpc) is 1.32. The third kappa shape index (κ3) is 19.2. The number of benzene rings is 17. The number of rotatable bonds is 13. The van der Waals surface area contributed by atoms with Crippen molar-refractivity contribution in [2.45, 2.75) is 148 Å². The predicted octanol–water partition coefficient (Wildman–Crippen LogP) is 37.1. The van der Waals surface area contributed by atoms with Gasteiger partial charge in [0.1, 0.15) is 0 Å². The van der Waals surface area contributed by atoms with E-state index in [0.717, 1.165) is 22.9 Å². The smallest absolute Gasteiger partial charge is 0.151 e. The number of anilines is 17. The normalized spacial score (nSPS) is 12.7. The number of nitrogens with zero attached hydrogens (tertiary/aromatic N) is 7. The largest absolute Gasteiger partial charge is 0.453 e. The molecule has 0 unspecified atom stereocenters. The fourth-order valence-corrected chi connectivity index (χ4v) is 19.6. The van der Waals surface area contributed by atoms with Crippen molar-refractivity contribution < 1.29 is 4.74 Å². The molecule has 0 bridgehead atoms. The third-order valence-corrected chi connectivity index (χ3v) is 26.8. The van der Waals surface area contributed by atoms with Gasteiger partial charge in [0.05, 0.1) is 56.9 Å². The molecule has 8 nitrogen and oxygen atoms in total. The molecule has 0 saturated carbocycles. The van der Waals surface area contributed by atoms with Crippen molar-refractivity contribution in [3.63, 3.8) is 0 Å². The van der Waals surface area contributed by atoms with Crippen molar-refractivity contribution in [3.8, 4) is 11.5 Å². The molecule has 0 amide bonds. The van der Waals surface area contributed by atoms with E-state index in [9.17, 15) is 0 Å². The second kappa shape index (κ2) is 40.5. The molecular weight excluding hydrogens is 1640 g/mol. The Labute approximate surface area is 793 Å². The Morgan fingerprint density at radius 2 is 0.534 bits per heavy atom. The molecule has 18 aromatic rings. The van der Waals surface area contributed by atoms with Gasteiger partial charge in [-0.05, 0) is 264 Å². The Morgan fingerprint density at radius 3 is 0.910 bits per heavy atom. The van der Waals surface area contributed by atoms with Crippen LogP contribution >= 0.6 is 11.8 Å². The maximum atomic E-state index is 6.07. The van der Waals surface area contributed by atoms with Crippen LogP contribution in [0.15, 0.2) is 434 Å². The molecule has 0 saturated heterocycles. The van der Waals surface area contributed by atoms with E-state index in [2.05, 4.69) is 538 Å². The molecule has 133 heavy (non-hydrogen) atoms. The van der Waals surface area contributed by atoms with Crippen LogP contribution in [0.4, 0.5) is 96.7 Å². The minimum Gasteiger partial charge on any atom is -0.453 e. The number of para-hydroxylation sites is 16. The molecule has 5 heterocycles. The summed E-state index contributed by atoms with van der Waals surface area (Å²) in [7, 11) is 2.14. The minimum atomic E-state index is -0.000650. The van der Waals surface area contributed by atoms with Gasteiger partial charge in [0.15, 0.2) is 11.5 Å². The topological polar surface area (TPSA) is 33.6 Å². The summed E-state index contributed by atoms with van der Waals surface area (Å²) in [5.41, 5.74) is 32.8. The quantitative estimate of drug-likeness (QED) is 0.113. The van der Waals surface area contributed by atoms with E-state index in [-0.39, 0.29) is 5.41 Å². The van der Waals surface area contributed by atoms with Gasteiger partial charge in [-0.25, -0.2) is 0 Å². The van der Waals surface area contributed by atoms with E-state index >= 15 is 0 Å². The van der Waals surface area contributed by atoms with E-state index in [4.69, 9.17) is 4.74 Å². The Balaban J connectivity index is 0.000000112. The highest BCUT2D eigenvalue weighted by Gasteiger charge is 2.37. The van der Waals surface area contributed by atoms with Crippen LogP contribution in [0.25, 0.3) is 21.8 Å². The monoisotopic (exact) mass is 1760 g/mol. The second-order valence-electron chi connectivity index (χ2n) is 36.9. The molecule has 0 atom stereocenters. The fourth-order valence-electron chi connectivity index (χ4n) is 18.5. The first-order valence-electron chi connectivity index (χ1n) is 47.1. The standard InChI is InChI=1S/C24H25N.C22H22N2.C21H19NO.C21H19NS.C21H21N.C15H15N/c1-17(2)18-10-9-11-19(16-18)25-22-14-7-5-12-20(22)24(3,4)21-13-6-8-15-23(21)25;1-16(2)17-9-8-10-18(15-17)24-21-13-6-4-11-19(21)23(3)20-12-5-7-14-22(20)24;2*1-15(2)16-8-7-9-17(14-16)22-18-10-3-5-12-20(18)23-21-13-6-4-11-19(21)22;1-17(2)18-13-15-21(16-14-18)22(19-9-5-3-6-10-19)20-11-7-4-8-12-20;1-11(2)16-14-9-5-3-7-12(14)13-8-4-6-10-15(13)16/h5-17H,1-4H3;4-16H,1-3H3;2*3-15H,1-2H3;3-17H,1-2H3;3-11H,1-2H3. The van der Waals surface area contributed by atoms with E-state index in [0.29, 0.717) is 35.6 Å². The van der Waals surface area contributed by atoms with E-state index in [1.54, 1.807) is 0 Å². The van der Waals surface area contributed by atoms with Gasteiger partial charge in [0, 0.05) is 89.9 Å². The Kier molecular flexibility index (Phi) is 27.5. The van der Waals surface area contributed by atoms with Crippen LogP contribution in [0.5, 0.6) is 11.5 Å². The van der Waals surface area contributed by atoms with Crippen LogP contribution in [-0.4, -0.2) is 11.6 Å². The summed E-state index contributed by atoms with van der Waals surface area (Å²) < 4.78 is 8.47. The van der Waals surface area contributed by atoms with Gasteiger partial charge in [-0.3, -0.25) is 0 Å². The average molecular weight is 1760 g/mol. The van der Waals surface area contributed by atoms with Crippen LogP contribution in [-0.2, 0) is 5.41 Å². The number of hydrogen-bond acceptors (Lipinski definition) is 8. The van der Waals surface area contributed by atoms with E-state index < -0.39 is 0 Å². The maximum absolute atomic E-state index is 6.07. The molecule has 1 aromatic heterocycles. The van der Waals surface area contributed by atoms with Crippen molar-refractivity contribution in [2.24, 2.45) is 0 Å². The number of ether oxygens (including phenoxy) is 1. The predicted molar refractivity (Wildman–Crippen MR) is 570 cm³/mol. The Hall–Kier alpha value is -14.5. The van der Waals surface area contributed by atoms with E-state index in [1.165, 1.54) is 156 Å². The van der Waals surface area contributed by atoms with Crippen LogP contribution in [0, 0.1) is 0 Å². The lowest BCUT2D eigenvalue weighted by molar-refractivity contribution is 0.477. The van der Waals surface area contributed by atoms with Crippen molar-refractivity contribution in [3.05, 3.63) is 464 Å². The van der Waals surface area contributed by atoms with Crippen LogP contribution < -0.4 is 34.1 Å². The molecule has 664 valence electrons. The molecule has 0 N–H and O–H groups in total. The van der Waals surface area contributed by atoms with Gasteiger partial charge < -0.3 is 38.7 Å². The number of fused-ring (bicyclic) bond motifs is 11. The lowest BCUT2D eigenvalue weighted by Crippen LogP contribution is -2.30. The van der Waals surface area contributed by atoms with Crippen LogP contribution in [0.1, 0.15) is 172 Å². The molecule has 22 rings (SSSR count). The summed E-state index contributed by atoms with van der Waals surface area (Å²) in [5.74, 6) is 4.40. The zero-order valence-electron chi connectivity index (χ0n) is 79.3. The lowest BCUT2D eigenvalue weighted by Gasteiger charge is -2.42. The summed E-state index contributed by atoms with van der Waals surface area (Å²) in [5, 5.41) is 2.71. The molecule has 4 aliphatic rings. The van der Waals surface area contributed by atoms with Crippen molar-refractivity contribution in [1.29, 1.82) is 0 Å².